The van der Waals surface area contributed by atoms with Crippen LogP contribution in [0.15, 0.2) is 54.6 Å². The molecule has 0 saturated heterocycles. The van der Waals surface area contributed by atoms with Crippen LogP contribution in [-0.2, 0) is 16.8 Å². The van der Waals surface area contributed by atoms with Gasteiger partial charge in [0, 0.05) is 12.1 Å². The fraction of sp³-hybridized carbons (Fsp3) is 0.400. The van der Waals surface area contributed by atoms with Crippen LogP contribution in [0.3, 0.4) is 0 Å². The molecule has 0 aliphatic heterocycles. The van der Waals surface area contributed by atoms with Gasteiger partial charge in [-0.25, -0.2) is 0 Å². The van der Waals surface area contributed by atoms with Gasteiger partial charge < -0.3 is 10.6 Å². The molecule has 2 amide bonds. The second-order valence-electron chi connectivity index (χ2n) is 8.58. The average molecular weight is 404 g/mol. The summed E-state index contributed by atoms with van der Waals surface area (Å²) in [6, 6.07) is 19.1. The Labute approximate surface area is 178 Å². The van der Waals surface area contributed by atoms with E-state index in [0.717, 1.165) is 30.4 Å². The third kappa shape index (κ3) is 4.88. The fourth-order valence-corrected chi connectivity index (χ4v) is 3.90. The SMILES string of the molecule is CC(C)(C#N)c1ccc(C(=O)NC2(C(=O)NCc3ccccc3)CCCCC2)cc1. The van der Waals surface area contributed by atoms with E-state index < -0.39 is 11.0 Å². The average Bonchev–Trinajstić information content (AvgIpc) is 2.78. The van der Waals surface area contributed by atoms with Crippen LogP contribution in [0.2, 0.25) is 0 Å². The second kappa shape index (κ2) is 9.13. The Morgan fingerprint density at radius 1 is 1.00 bits per heavy atom. The van der Waals surface area contributed by atoms with Gasteiger partial charge in [-0.3, -0.25) is 9.59 Å². The number of rotatable bonds is 6. The van der Waals surface area contributed by atoms with Gasteiger partial charge in [-0.2, -0.15) is 5.26 Å². The maximum Gasteiger partial charge on any atom is 0.252 e. The zero-order valence-corrected chi connectivity index (χ0v) is 17.7. The Hall–Kier alpha value is -3.13. The first-order chi connectivity index (χ1) is 14.4. The maximum atomic E-state index is 13.1. The summed E-state index contributed by atoms with van der Waals surface area (Å²) >= 11 is 0. The molecule has 156 valence electrons. The van der Waals surface area contributed by atoms with E-state index in [1.807, 2.05) is 44.2 Å². The zero-order valence-electron chi connectivity index (χ0n) is 17.7. The number of nitrogens with one attached hydrogen (secondary N) is 2. The number of benzene rings is 2. The van der Waals surface area contributed by atoms with Gasteiger partial charge >= 0.3 is 0 Å². The Balaban J connectivity index is 1.73. The molecule has 0 radical (unpaired) electrons. The van der Waals surface area contributed by atoms with Crippen LogP contribution >= 0.6 is 0 Å². The molecule has 2 aromatic rings. The highest BCUT2D eigenvalue weighted by molar-refractivity contribution is 5.99. The van der Waals surface area contributed by atoms with Crippen molar-refractivity contribution in [3.63, 3.8) is 0 Å². The molecule has 0 heterocycles. The number of hydrogen-bond acceptors (Lipinski definition) is 3. The summed E-state index contributed by atoms with van der Waals surface area (Å²) in [5.74, 6) is -0.380. The highest BCUT2D eigenvalue weighted by Crippen LogP contribution is 2.29. The summed E-state index contributed by atoms with van der Waals surface area (Å²) < 4.78 is 0. The Bertz CT molecular complexity index is 921. The molecule has 1 aliphatic rings. The first-order valence-electron chi connectivity index (χ1n) is 10.5. The smallest absolute Gasteiger partial charge is 0.252 e. The van der Waals surface area contributed by atoms with Gasteiger partial charge in [-0.05, 0) is 49.9 Å². The first kappa shape index (κ1) is 21.6. The minimum atomic E-state index is -0.880. The number of carbonyl (C=O) groups excluding carboxylic acids is 2. The second-order valence-corrected chi connectivity index (χ2v) is 8.58. The van der Waals surface area contributed by atoms with Crippen molar-refractivity contribution in [2.24, 2.45) is 0 Å². The lowest BCUT2D eigenvalue weighted by molar-refractivity contribution is -0.128. The quantitative estimate of drug-likeness (QED) is 0.757. The number of amides is 2. The normalized spacial score (nSPS) is 15.6. The van der Waals surface area contributed by atoms with E-state index in [1.165, 1.54) is 0 Å². The van der Waals surface area contributed by atoms with Gasteiger partial charge in [0.05, 0.1) is 11.5 Å². The van der Waals surface area contributed by atoms with Crippen molar-refractivity contribution in [3.8, 4) is 6.07 Å². The molecule has 0 spiro atoms. The van der Waals surface area contributed by atoms with Crippen molar-refractivity contribution in [3.05, 3.63) is 71.3 Å². The first-order valence-corrected chi connectivity index (χ1v) is 10.5. The molecule has 1 saturated carbocycles. The molecule has 5 nitrogen and oxygen atoms in total. The maximum absolute atomic E-state index is 13.1. The minimum Gasteiger partial charge on any atom is -0.350 e. The predicted molar refractivity (Wildman–Crippen MR) is 117 cm³/mol. The number of hydrogen-bond donors (Lipinski definition) is 2. The van der Waals surface area contributed by atoms with Crippen molar-refractivity contribution < 1.29 is 9.59 Å². The third-order valence-electron chi connectivity index (χ3n) is 5.94. The summed E-state index contributed by atoms with van der Waals surface area (Å²) in [5.41, 5.74) is 0.882. The summed E-state index contributed by atoms with van der Waals surface area (Å²) in [5, 5.41) is 15.4. The third-order valence-corrected chi connectivity index (χ3v) is 5.94. The predicted octanol–water partition coefficient (Wildman–Crippen LogP) is 4.24. The molecule has 2 aromatic carbocycles. The number of nitrogens with zero attached hydrogens (tertiary/aromatic N) is 1. The Morgan fingerprint density at radius 3 is 2.23 bits per heavy atom. The van der Waals surface area contributed by atoms with Gasteiger partial charge in [0.15, 0.2) is 0 Å². The molecule has 30 heavy (non-hydrogen) atoms. The molecule has 2 N–H and O–H groups in total. The van der Waals surface area contributed by atoms with Crippen LogP contribution < -0.4 is 10.6 Å². The largest absolute Gasteiger partial charge is 0.350 e. The van der Waals surface area contributed by atoms with Crippen LogP contribution in [0.5, 0.6) is 0 Å². The lowest BCUT2D eigenvalue weighted by Gasteiger charge is -2.36. The number of carbonyl (C=O) groups is 2. The zero-order chi connectivity index (χ0) is 21.6. The van der Waals surface area contributed by atoms with Crippen molar-refractivity contribution in [2.75, 3.05) is 0 Å². The van der Waals surface area contributed by atoms with Crippen molar-refractivity contribution in [1.29, 1.82) is 5.26 Å². The van der Waals surface area contributed by atoms with E-state index in [0.29, 0.717) is 24.9 Å². The van der Waals surface area contributed by atoms with Crippen LogP contribution in [0.25, 0.3) is 0 Å². The summed E-state index contributed by atoms with van der Waals surface area (Å²) in [4.78, 5) is 26.1. The van der Waals surface area contributed by atoms with Gasteiger partial charge in [0.2, 0.25) is 5.91 Å². The molecule has 1 aliphatic carbocycles. The standard InChI is InChI=1S/C25H29N3O2/c1-24(2,18-26)21-13-11-20(12-14-21)22(29)28-25(15-7-4-8-16-25)23(30)27-17-19-9-5-3-6-10-19/h3,5-6,9-14H,4,7-8,15-17H2,1-2H3,(H,27,30)(H,28,29). The molecule has 1 fully saturated rings. The summed E-state index contributed by atoms with van der Waals surface area (Å²) in [7, 11) is 0. The van der Waals surface area contributed by atoms with E-state index in [1.54, 1.807) is 24.3 Å². The van der Waals surface area contributed by atoms with Crippen molar-refractivity contribution in [1.82, 2.24) is 10.6 Å². The molecule has 3 rings (SSSR count). The Kier molecular flexibility index (Phi) is 6.56. The molecule has 0 atom stereocenters. The highest BCUT2D eigenvalue weighted by Gasteiger charge is 2.40. The van der Waals surface area contributed by atoms with E-state index in [2.05, 4.69) is 16.7 Å². The number of nitriles is 1. The van der Waals surface area contributed by atoms with E-state index in [9.17, 15) is 14.9 Å². The molecular weight excluding hydrogens is 374 g/mol. The molecule has 0 aromatic heterocycles. The molecular formula is C25H29N3O2. The monoisotopic (exact) mass is 403 g/mol. The van der Waals surface area contributed by atoms with Gasteiger partial charge in [0.25, 0.3) is 5.91 Å². The summed E-state index contributed by atoms with van der Waals surface area (Å²) in [6.07, 6.45) is 4.17. The van der Waals surface area contributed by atoms with Gasteiger partial charge in [-0.15, -0.1) is 0 Å². The van der Waals surface area contributed by atoms with Crippen molar-refractivity contribution in [2.45, 2.75) is 63.5 Å². The topological polar surface area (TPSA) is 82.0 Å². The van der Waals surface area contributed by atoms with Crippen LogP contribution in [0.4, 0.5) is 0 Å². The van der Waals surface area contributed by atoms with E-state index in [4.69, 9.17) is 0 Å². The minimum absolute atomic E-state index is 0.123. The van der Waals surface area contributed by atoms with Crippen molar-refractivity contribution >= 4 is 11.8 Å². The lowest BCUT2D eigenvalue weighted by Crippen LogP contribution is -2.59. The van der Waals surface area contributed by atoms with Gasteiger partial charge in [-0.1, -0.05) is 61.7 Å². The summed E-state index contributed by atoms with van der Waals surface area (Å²) in [6.45, 7) is 4.13. The molecule has 0 bridgehead atoms. The van der Waals surface area contributed by atoms with Gasteiger partial charge in [0.1, 0.15) is 5.54 Å². The van der Waals surface area contributed by atoms with E-state index >= 15 is 0 Å². The molecule has 5 heteroatoms. The highest BCUT2D eigenvalue weighted by atomic mass is 16.2. The molecule has 0 unspecified atom stereocenters. The Morgan fingerprint density at radius 2 is 1.63 bits per heavy atom. The lowest BCUT2D eigenvalue weighted by atomic mass is 9.80. The van der Waals surface area contributed by atoms with Crippen LogP contribution in [-0.4, -0.2) is 17.4 Å². The fourth-order valence-electron chi connectivity index (χ4n) is 3.90. The van der Waals surface area contributed by atoms with Crippen LogP contribution in [0, 0.1) is 11.3 Å². The van der Waals surface area contributed by atoms with E-state index in [-0.39, 0.29) is 11.8 Å². The van der Waals surface area contributed by atoms with Crippen LogP contribution in [0.1, 0.15) is 67.4 Å².